The molecule has 2 aromatic rings. The first-order chi connectivity index (χ1) is 9.67. The minimum atomic E-state index is -0.377. The first-order valence-electron chi connectivity index (χ1n) is 6.45. The largest absolute Gasteiger partial charge is 0.496 e. The quantitative estimate of drug-likeness (QED) is 0.851. The van der Waals surface area contributed by atoms with Gasteiger partial charge in [-0.05, 0) is 36.0 Å². The van der Waals surface area contributed by atoms with Crippen LogP contribution in [0.5, 0.6) is 5.75 Å². The van der Waals surface area contributed by atoms with Crippen molar-refractivity contribution in [2.24, 2.45) is 0 Å². The summed E-state index contributed by atoms with van der Waals surface area (Å²) in [6, 6.07) is 6.92. The number of hydrogen-bond donors (Lipinski definition) is 1. The van der Waals surface area contributed by atoms with Gasteiger partial charge in [0.1, 0.15) is 11.6 Å². The minimum absolute atomic E-state index is 0.0641. The van der Waals surface area contributed by atoms with Crippen LogP contribution in [0.2, 0.25) is 5.02 Å². The van der Waals surface area contributed by atoms with E-state index in [2.05, 4.69) is 5.32 Å². The van der Waals surface area contributed by atoms with Crippen LogP contribution in [0.1, 0.15) is 23.4 Å². The highest BCUT2D eigenvalue weighted by atomic mass is 35.5. The lowest BCUT2D eigenvalue weighted by Crippen LogP contribution is -2.22. The van der Waals surface area contributed by atoms with Crippen LogP contribution in [0.3, 0.4) is 0 Å². The van der Waals surface area contributed by atoms with E-state index in [9.17, 15) is 4.39 Å². The van der Waals surface area contributed by atoms with Crippen molar-refractivity contribution in [1.29, 1.82) is 0 Å². The molecule has 108 valence electrons. The summed E-state index contributed by atoms with van der Waals surface area (Å²) in [6.07, 6.45) is 0.626. The Balaban J connectivity index is 2.28. The molecule has 0 aliphatic carbocycles. The molecule has 2 nitrogen and oxygen atoms in total. The van der Waals surface area contributed by atoms with Crippen molar-refractivity contribution in [2.45, 2.75) is 19.4 Å². The SMILES string of the molecule is CCNC(Cc1cccc(F)c1Cl)c1sccc1OC. The Morgan fingerprint density at radius 3 is 2.90 bits per heavy atom. The van der Waals surface area contributed by atoms with Crippen LogP contribution < -0.4 is 10.1 Å². The summed E-state index contributed by atoms with van der Waals surface area (Å²) >= 11 is 7.67. The van der Waals surface area contributed by atoms with Crippen LogP contribution in [-0.4, -0.2) is 13.7 Å². The standard InChI is InChI=1S/C15H17ClFNOS/c1-3-18-12(15-13(19-2)7-8-20-15)9-10-5-4-6-11(17)14(10)16/h4-8,12,18H,3,9H2,1-2H3. The molecule has 1 aromatic heterocycles. The van der Waals surface area contributed by atoms with Crippen molar-refractivity contribution in [3.05, 3.63) is 50.9 Å². The molecule has 0 radical (unpaired) electrons. The molecule has 0 amide bonds. The fourth-order valence-corrected chi connectivity index (χ4v) is 3.30. The van der Waals surface area contributed by atoms with Gasteiger partial charge in [-0.25, -0.2) is 4.39 Å². The predicted octanol–water partition coefficient (Wildman–Crippen LogP) is 4.44. The topological polar surface area (TPSA) is 21.3 Å². The molecular formula is C15H17ClFNOS. The Bertz CT molecular complexity index is 573. The number of nitrogens with one attached hydrogen (secondary N) is 1. The third kappa shape index (κ3) is 3.32. The number of halogens is 2. The number of thiophene rings is 1. The molecule has 0 saturated carbocycles. The summed E-state index contributed by atoms with van der Waals surface area (Å²) in [4.78, 5) is 1.11. The average Bonchev–Trinajstić information content (AvgIpc) is 2.91. The Morgan fingerprint density at radius 1 is 1.40 bits per heavy atom. The molecule has 1 unspecified atom stereocenters. The van der Waals surface area contributed by atoms with E-state index in [4.69, 9.17) is 16.3 Å². The molecule has 0 aliphatic rings. The van der Waals surface area contributed by atoms with Gasteiger partial charge in [-0.1, -0.05) is 30.7 Å². The zero-order valence-electron chi connectivity index (χ0n) is 11.5. The van der Waals surface area contributed by atoms with Crippen molar-refractivity contribution in [3.8, 4) is 5.75 Å². The molecule has 1 heterocycles. The maximum absolute atomic E-state index is 13.5. The van der Waals surface area contributed by atoms with E-state index in [0.29, 0.717) is 6.42 Å². The van der Waals surface area contributed by atoms with E-state index in [1.54, 1.807) is 24.5 Å². The van der Waals surface area contributed by atoms with E-state index >= 15 is 0 Å². The molecule has 0 spiro atoms. The fourth-order valence-electron chi connectivity index (χ4n) is 2.16. The minimum Gasteiger partial charge on any atom is -0.496 e. The van der Waals surface area contributed by atoms with Gasteiger partial charge in [-0.2, -0.15) is 0 Å². The number of hydrogen-bond acceptors (Lipinski definition) is 3. The van der Waals surface area contributed by atoms with Crippen molar-refractivity contribution in [2.75, 3.05) is 13.7 Å². The Labute approximate surface area is 127 Å². The van der Waals surface area contributed by atoms with Crippen molar-refractivity contribution >= 4 is 22.9 Å². The summed E-state index contributed by atoms with van der Waals surface area (Å²) in [7, 11) is 1.66. The second-order valence-corrected chi connectivity index (χ2v) is 5.71. The number of rotatable bonds is 6. The van der Waals surface area contributed by atoms with Crippen molar-refractivity contribution < 1.29 is 9.13 Å². The van der Waals surface area contributed by atoms with Crippen LogP contribution >= 0.6 is 22.9 Å². The second kappa shape index (κ2) is 7.07. The van der Waals surface area contributed by atoms with E-state index in [1.807, 2.05) is 24.4 Å². The molecule has 1 N–H and O–H groups in total. The van der Waals surface area contributed by atoms with E-state index in [-0.39, 0.29) is 16.9 Å². The van der Waals surface area contributed by atoms with Gasteiger partial charge < -0.3 is 10.1 Å². The van der Waals surface area contributed by atoms with Gasteiger partial charge in [0.15, 0.2) is 0 Å². The van der Waals surface area contributed by atoms with E-state index in [0.717, 1.165) is 22.7 Å². The number of likely N-dealkylation sites (N-methyl/N-ethyl adjacent to an activating group) is 1. The van der Waals surface area contributed by atoms with Crippen LogP contribution in [0, 0.1) is 5.82 Å². The molecule has 20 heavy (non-hydrogen) atoms. The molecule has 0 bridgehead atoms. The van der Waals surface area contributed by atoms with Gasteiger partial charge in [0, 0.05) is 6.04 Å². The van der Waals surface area contributed by atoms with Crippen LogP contribution in [0.4, 0.5) is 4.39 Å². The van der Waals surface area contributed by atoms with E-state index < -0.39 is 0 Å². The average molecular weight is 314 g/mol. The Kier molecular flexibility index (Phi) is 5.40. The third-order valence-electron chi connectivity index (χ3n) is 3.10. The maximum atomic E-state index is 13.5. The summed E-state index contributed by atoms with van der Waals surface area (Å²) in [6.45, 7) is 2.86. The van der Waals surface area contributed by atoms with Gasteiger partial charge in [0.25, 0.3) is 0 Å². The zero-order chi connectivity index (χ0) is 14.5. The number of benzene rings is 1. The summed E-state index contributed by atoms with van der Waals surface area (Å²) in [5, 5.41) is 5.60. The molecule has 5 heteroatoms. The Morgan fingerprint density at radius 2 is 2.20 bits per heavy atom. The summed E-state index contributed by atoms with van der Waals surface area (Å²) in [5.74, 6) is 0.478. The third-order valence-corrected chi connectivity index (χ3v) is 4.53. The van der Waals surface area contributed by atoms with Gasteiger partial charge >= 0.3 is 0 Å². The smallest absolute Gasteiger partial charge is 0.142 e. The highest BCUT2D eigenvalue weighted by Gasteiger charge is 2.19. The molecule has 1 atom stereocenters. The first kappa shape index (κ1) is 15.3. The van der Waals surface area contributed by atoms with Gasteiger partial charge in [0.05, 0.1) is 17.0 Å². The first-order valence-corrected chi connectivity index (χ1v) is 7.70. The highest BCUT2D eigenvalue weighted by molar-refractivity contribution is 7.10. The maximum Gasteiger partial charge on any atom is 0.142 e. The van der Waals surface area contributed by atoms with Crippen LogP contribution in [0.25, 0.3) is 0 Å². The highest BCUT2D eigenvalue weighted by Crippen LogP contribution is 2.34. The summed E-state index contributed by atoms with van der Waals surface area (Å²) < 4.78 is 18.9. The summed E-state index contributed by atoms with van der Waals surface area (Å²) in [5.41, 5.74) is 0.799. The zero-order valence-corrected chi connectivity index (χ0v) is 13.0. The fraction of sp³-hybridized carbons (Fsp3) is 0.333. The normalized spacial score (nSPS) is 12.4. The number of methoxy groups -OCH3 is 1. The monoisotopic (exact) mass is 313 g/mol. The van der Waals surface area contributed by atoms with E-state index in [1.165, 1.54) is 6.07 Å². The van der Waals surface area contributed by atoms with Crippen LogP contribution in [0.15, 0.2) is 29.6 Å². The molecule has 0 fully saturated rings. The molecular weight excluding hydrogens is 297 g/mol. The lowest BCUT2D eigenvalue weighted by atomic mass is 10.0. The van der Waals surface area contributed by atoms with Gasteiger partial charge in [0.2, 0.25) is 0 Å². The van der Waals surface area contributed by atoms with Crippen molar-refractivity contribution in [1.82, 2.24) is 5.32 Å². The molecule has 2 rings (SSSR count). The Hall–Kier alpha value is -1.10. The second-order valence-electron chi connectivity index (χ2n) is 4.38. The lowest BCUT2D eigenvalue weighted by molar-refractivity contribution is 0.403. The van der Waals surface area contributed by atoms with Crippen molar-refractivity contribution in [3.63, 3.8) is 0 Å². The predicted molar refractivity (Wildman–Crippen MR) is 82.4 cm³/mol. The lowest BCUT2D eigenvalue weighted by Gasteiger charge is -2.19. The molecule has 0 saturated heterocycles. The van der Waals surface area contributed by atoms with Gasteiger partial charge in [-0.3, -0.25) is 0 Å². The molecule has 0 aliphatic heterocycles. The van der Waals surface area contributed by atoms with Gasteiger partial charge in [-0.15, -0.1) is 11.3 Å². The van der Waals surface area contributed by atoms with Crippen LogP contribution in [-0.2, 0) is 6.42 Å². The molecule has 1 aromatic carbocycles. The number of ether oxygens (including phenoxy) is 1.